The van der Waals surface area contributed by atoms with E-state index in [0.29, 0.717) is 11.6 Å². The minimum absolute atomic E-state index is 0.0577. The van der Waals surface area contributed by atoms with Crippen molar-refractivity contribution in [3.05, 3.63) is 65.0 Å². The van der Waals surface area contributed by atoms with Crippen molar-refractivity contribution in [2.45, 2.75) is 25.9 Å². The molecule has 9 heteroatoms. The minimum atomic E-state index is -3.55. The first kappa shape index (κ1) is 21.5. The van der Waals surface area contributed by atoms with Gasteiger partial charge in [0.1, 0.15) is 11.8 Å². The molecule has 2 heterocycles. The molecule has 1 aromatic heterocycles. The number of nitrogens with one attached hydrogen (secondary N) is 1. The number of benzene rings is 2. The van der Waals surface area contributed by atoms with Crippen LogP contribution >= 0.6 is 11.3 Å². The predicted octanol–water partition coefficient (Wildman–Crippen LogP) is 3.53. The average molecular weight is 458 g/mol. The summed E-state index contributed by atoms with van der Waals surface area (Å²) in [4.78, 5) is 17.6. The summed E-state index contributed by atoms with van der Waals surface area (Å²) >= 11 is 1.30. The third-order valence-electron chi connectivity index (χ3n) is 5.35. The van der Waals surface area contributed by atoms with E-state index in [0.717, 1.165) is 28.1 Å². The maximum Gasteiger partial charge on any atom is 0.244 e. The van der Waals surface area contributed by atoms with E-state index in [9.17, 15) is 13.2 Å². The Balaban J connectivity index is 1.56. The van der Waals surface area contributed by atoms with E-state index >= 15 is 0 Å². The van der Waals surface area contributed by atoms with E-state index in [1.165, 1.54) is 15.6 Å². The second-order valence-corrected chi connectivity index (χ2v) is 10.3. The van der Waals surface area contributed by atoms with E-state index in [2.05, 4.69) is 10.3 Å². The number of rotatable bonds is 6. The van der Waals surface area contributed by atoms with Gasteiger partial charge in [-0.1, -0.05) is 24.3 Å². The van der Waals surface area contributed by atoms with Crippen molar-refractivity contribution < 1.29 is 17.9 Å². The summed E-state index contributed by atoms with van der Waals surface area (Å²) in [5.74, 6) is 0.321. The van der Waals surface area contributed by atoms with Gasteiger partial charge in [0.05, 0.1) is 18.6 Å². The SMILES string of the molecule is CCS(=O)(=O)N1Cc2ccccc2C[C@@H]1C(=O)Nc1nc(-c2ccc(OC)cc2)cs1. The Morgan fingerprint density at radius 1 is 1.19 bits per heavy atom. The van der Waals surface area contributed by atoms with Crippen molar-refractivity contribution in [1.82, 2.24) is 9.29 Å². The van der Waals surface area contributed by atoms with E-state index < -0.39 is 16.1 Å². The summed E-state index contributed by atoms with van der Waals surface area (Å²) in [6, 6.07) is 14.3. The van der Waals surface area contributed by atoms with Crippen LogP contribution in [0.4, 0.5) is 5.13 Å². The van der Waals surface area contributed by atoms with E-state index in [-0.39, 0.29) is 18.2 Å². The van der Waals surface area contributed by atoms with E-state index in [1.807, 2.05) is 53.9 Å². The van der Waals surface area contributed by atoms with Crippen LogP contribution in [0.2, 0.25) is 0 Å². The lowest BCUT2D eigenvalue weighted by Gasteiger charge is -2.34. The first-order valence-electron chi connectivity index (χ1n) is 9.88. The molecule has 1 aliphatic rings. The van der Waals surface area contributed by atoms with Gasteiger partial charge >= 0.3 is 0 Å². The fraction of sp³-hybridized carbons (Fsp3) is 0.273. The molecule has 3 aromatic rings. The largest absolute Gasteiger partial charge is 0.497 e. The maximum atomic E-state index is 13.1. The molecule has 0 aliphatic carbocycles. The summed E-state index contributed by atoms with van der Waals surface area (Å²) < 4.78 is 31.9. The van der Waals surface area contributed by atoms with Crippen LogP contribution in [0, 0.1) is 0 Å². The number of carbonyl (C=O) groups is 1. The van der Waals surface area contributed by atoms with Gasteiger partial charge in [-0.25, -0.2) is 13.4 Å². The van der Waals surface area contributed by atoms with Crippen LogP contribution in [0.5, 0.6) is 5.75 Å². The number of carbonyl (C=O) groups excluding carboxylic acids is 1. The zero-order chi connectivity index (χ0) is 22.0. The molecule has 1 aliphatic heterocycles. The third-order valence-corrected chi connectivity index (χ3v) is 7.94. The number of fused-ring (bicyclic) bond motifs is 1. The van der Waals surface area contributed by atoms with Crippen LogP contribution in [-0.4, -0.2) is 42.5 Å². The molecule has 1 atom stereocenters. The number of thiazole rings is 1. The van der Waals surface area contributed by atoms with Crippen LogP contribution in [0.1, 0.15) is 18.1 Å². The number of ether oxygens (including phenoxy) is 1. The zero-order valence-corrected chi connectivity index (χ0v) is 18.9. The van der Waals surface area contributed by atoms with Gasteiger partial charge in [0.2, 0.25) is 15.9 Å². The van der Waals surface area contributed by atoms with Gasteiger partial charge in [-0.05, 0) is 48.7 Å². The predicted molar refractivity (Wildman–Crippen MR) is 122 cm³/mol. The molecule has 0 unspecified atom stereocenters. The molecule has 31 heavy (non-hydrogen) atoms. The van der Waals surface area contributed by atoms with E-state index in [1.54, 1.807) is 14.0 Å². The average Bonchev–Trinajstić information content (AvgIpc) is 3.26. The van der Waals surface area contributed by atoms with Crippen LogP contribution < -0.4 is 10.1 Å². The number of hydrogen-bond acceptors (Lipinski definition) is 6. The number of hydrogen-bond donors (Lipinski definition) is 1. The van der Waals surface area contributed by atoms with Crippen LogP contribution in [-0.2, 0) is 27.8 Å². The lowest BCUT2D eigenvalue weighted by molar-refractivity contribution is -0.120. The molecule has 0 saturated carbocycles. The van der Waals surface area contributed by atoms with Crippen molar-refractivity contribution in [1.29, 1.82) is 0 Å². The highest BCUT2D eigenvalue weighted by Gasteiger charge is 2.38. The standard InChI is InChI=1S/C22H23N3O4S2/c1-3-31(27,28)25-13-17-7-5-4-6-16(17)12-20(25)21(26)24-22-23-19(14-30-22)15-8-10-18(29-2)11-9-15/h4-11,14,20H,3,12-13H2,1-2H3,(H,23,24,26)/t20-/m1/s1. The molecular formula is C22H23N3O4S2. The lowest BCUT2D eigenvalue weighted by atomic mass is 9.95. The summed E-state index contributed by atoms with van der Waals surface area (Å²) in [6.45, 7) is 1.78. The van der Waals surface area contributed by atoms with Gasteiger partial charge in [-0.2, -0.15) is 4.31 Å². The van der Waals surface area contributed by atoms with Crippen molar-refractivity contribution in [2.24, 2.45) is 0 Å². The first-order valence-corrected chi connectivity index (χ1v) is 12.4. The molecule has 7 nitrogen and oxygen atoms in total. The summed E-state index contributed by atoms with van der Waals surface area (Å²) in [5.41, 5.74) is 3.55. The highest BCUT2D eigenvalue weighted by molar-refractivity contribution is 7.89. The monoisotopic (exact) mass is 457 g/mol. The molecule has 2 aromatic carbocycles. The molecule has 0 radical (unpaired) electrons. The third kappa shape index (κ3) is 4.48. The number of aromatic nitrogens is 1. The van der Waals surface area contributed by atoms with Gasteiger partial charge < -0.3 is 10.1 Å². The van der Waals surface area contributed by atoms with Gasteiger partial charge in [-0.3, -0.25) is 4.79 Å². The number of nitrogens with zero attached hydrogens (tertiary/aromatic N) is 2. The molecule has 1 N–H and O–H groups in total. The Bertz CT molecular complexity index is 1190. The van der Waals surface area contributed by atoms with Crippen molar-refractivity contribution in [3.8, 4) is 17.0 Å². The Labute approximate surface area is 185 Å². The molecule has 1 amide bonds. The summed E-state index contributed by atoms with van der Waals surface area (Å²) in [7, 11) is -1.94. The molecule has 0 spiro atoms. The topological polar surface area (TPSA) is 88.6 Å². The van der Waals surface area contributed by atoms with Gasteiger partial charge in [-0.15, -0.1) is 11.3 Å². The molecule has 0 fully saturated rings. The lowest BCUT2D eigenvalue weighted by Crippen LogP contribution is -2.51. The van der Waals surface area contributed by atoms with Gasteiger partial charge in [0.25, 0.3) is 0 Å². The molecule has 0 saturated heterocycles. The maximum absolute atomic E-state index is 13.1. The Hall–Kier alpha value is -2.75. The van der Waals surface area contributed by atoms with Crippen molar-refractivity contribution in [3.63, 3.8) is 0 Å². The molecule has 4 rings (SSSR count). The van der Waals surface area contributed by atoms with Crippen LogP contribution in [0.15, 0.2) is 53.9 Å². The quantitative estimate of drug-likeness (QED) is 0.612. The van der Waals surface area contributed by atoms with E-state index in [4.69, 9.17) is 4.74 Å². The summed E-state index contributed by atoms with van der Waals surface area (Å²) in [6.07, 6.45) is 0.331. The highest BCUT2D eigenvalue weighted by atomic mass is 32.2. The Kier molecular flexibility index (Phi) is 6.08. The zero-order valence-electron chi connectivity index (χ0n) is 17.2. The first-order chi connectivity index (χ1) is 14.9. The minimum Gasteiger partial charge on any atom is -0.497 e. The van der Waals surface area contributed by atoms with Gasteiger partial charge in [0.15, 0.2) is 5.13 Å². The number of sulfonamides is 1. The smallest absolute Gasteiger partial charge is 0.244 e. The van der Waals surface area contributed by atoms with Crippen molar-refractivity contribution >= 4 is 32.4 Å². The fourth-order valence-corrected chi connectivity index (χ4v) is 5.54. The Morgan fingerprint density at radius 3 is 2.58 bits per heavy atom. The van der Waals surface area contributed by atoms with Crippen molar-refractivity contribution in [2.75, 3.05) is 18.2 Å². The van der Waals surface area contributed by atoms with Crippen LogP contribution in [0.3, 0.4) is 0 Å². The second-order valence-electron chi connectivity index (χ2n) is 7.19. The Morgan fingerprint density at radius 2 is 1.90 bits per heavy atom. The second kappa shape index (κ2) is 8.78. The van der Waals surface area contributed by atoms with Crippen LogP contribution in [0.25, 0.3) is 11.3 Å². The molecule has 162 valence electrons. The normalized spacial score (nSPS) is 16.5. The summed E-state index contributed by atoms with van der Waals surface area (Å²) in [5, 5.41) is 5.11. The number of amides is 1. The van der Waals surface area contributed by atoms with Gasteiger partial charge in [0, 0.05) is 17.5 Å². The number of methoxy groups -OCH3 is 1. The fourth-order valence-electron chi connectivity index (χ4n) is 3.59. The number of anilines is 1. The highest BCUT2D eigenvalue weighted by Crippen LogP contribution is 2.29. The molecule has 0 bridgehead atoms. The molecular weight excluding hydrogens is 434 g/mol.